The zero-order chi connectivity index (χ0) is 18.0. The third-order valence-corrected chi connectivity index (χ3v) is 6.93. The maximum atomic E-state index is 11.9. The number of rotatable bonds is 6. The quantitative estimate of drug-likeness (QED) is 0.661. The summed E-state index contributed by atoms with van der Waals surface area (Å²) in [5.41, 5.74) is 1.06. The minimum absolute atomic E-state index is 0.0225. The van der Waals surface area contributed by atoms with E-state index in [2.05, 4.69) is 27.8 Å². The summed E-state index contributed by atoms with van der Waals surface area (Å²) in [7, 11) is -2.94. The van der Waals surface area contributed by atoms with Crippen molar-refractivity contribution in [3.63, 3.8) is 0 Å². The largest absolute Gasteiger partial charge is 0.423 e. The SMILES string of the molecule is CCCCN(Cc1cc(=O)oc2cc(Br)ccc12)C1CCS(=O)(=O)C1. The van der Waals surface area contributed by atoms with E-state index in [4.69, 9.17) is 4.42 Å². The van der Waals surface area contributed by atoms with Crippen molar-refractivity contribution < 1.29 is 12.8 Å². The van der Waals surface area contributed by atoms with Crippen LogP contribution in [0.25, 0.3) is 11.0 Å². The van der Waals surface area contributed by atoms with Crippen LogP contribution in [0, 0.1) is 0 Å². The van der Waals surface area contributed by atoms with Gasteiger partial charge in [-0.15, -0.1) is 0 Å². The molecule has 0 bridgehead atoms. The van der Waals surface area contributed by atoms with E-state index in [1.165, 1.54) is 6.07 Å². The number of fused-ring (bicyclic) bond motifs is 1. The zero-order valence-electron chi connectivity index (χ0n) is 14.2. The number of sulfone groups is 1. The van der Waals surface area contributed by atoms with E-state index < -0.39 is 9.84 Å². The smallest absolute Gasteiger partial charge is 0.336 e. The molecular formula is C18H22BrNO4S. The molecule has 1 aromatic heterocycles. The Kier molecular flexibility index (Phi) is 5.65. The number of hydrogen-bond acceptors (Lipinski definition) is 5. The van der Waals surface area contributed by atoms with Gasteiger partial charge in [0.15, 0.2) is 9.84 Å². The Morgan fingerprint density at radius 2 is 2.12 bits per heavy atom. The standard InChI is InChI=1S/C18H22BrNO4S/c1-2-3-7-20(15-6-8-25(22,23)12-15)11-13-9-18(21)24-17-10-14(19)4-5-16(13)17/h4-5,9-10,15H,2-3,6-8,11-12H2,1H3. The Balaban J connectivity index is 1.94. The van der Waals surface area contributed by atoms with E-state index in [-0.39, 0.29) is 23.2 Å². The molecule has 0 N–H and O–H groups in total. The van der Waals surface area contributed by atoms with Crippen LogP contribution in [0.2, 0.25) is 0 Å². The minimum Gasteiger partial charge on any atom is -0.423 e. The topological polar surface area (TPSA) is 67.6 Å². The predicted molar refractivity (Wildman–Crippen MR) is 103 cm³/mol. The van der Waals surface area contributed by atoms with Crippen molar-refractivity contribution in [2.75, 3.05) is 18.1 Å². The third-order valence-electron chi connectivity index (χ3n) is 4.69. The lowest BCUT2D eigenvalue weighted by molar-refractivity contribution is 0.201. The van der Waals surface area contributed by atoms with Gasteiger partial charge < -0.3 is 4.42 Å². The van der Waals surface area contributed by atoms with Crippen molar-refractivity contribution >= 4 is 36.7 Å². The number of hydrogen-bond donors (Lipinski definition) is 0. The Labute approximate surface area is 156 Å². The molecule has 1 aromatic carbocycles. The summed E-state index contributed by atoms with van der Waals surface area (Å²) in [4.78, 5) is 14.2. The summed E-state index contributed by atoms with van der Waals surface area (Å²) in [5.74, 6) is 0.465. The Hall–Kier alpha value is -1.18. The zero-order valence-corrected chi connectivity index (χ0v) is 16.6. The summed E-state index contributed by atoms with van der Waals surface area (Å²) in [6, 6.07) is 7.19. The highest BCUT2D eigenvalue weighted by atomic mass is 79.9. The summed E-state index contributed by atoms with van der Waals surface area (Å²) in [6.07, 6.45) is 2.71. The van der Waals surface area contributed by atoms with Crippen molar-refractivity contribution in [1.29, 1.82) is 0 Å². The van der Waals surface area contributed by atoms with Crippen molar-refractivity contribution in [2.45, 2.75) is 38.8 Å². The highest BCUT2D eigenvalue weighted by Gasteiger charge is 2.32. The number of benzene rings is 1. The number of nitrogens with zero attached hydrogens (tertiary/aromatic N) is 1. The van der Waals surface area contributed by atoms with Crippen molar-refractivity contribution in [1.82, 2.24) is 4.90 Å². The van der Waals surface area contributed by atoms with Crippen LogP contribution in [0.1, 0.15) is 31.7 Å². The van der Waals surface area contributed by atoms with E-state index in [1.54, 1.807) is 6.07 Å². The minimum atomic E-state index is -2.94. The molecule has 7 heteroatoms. The maximum absolute atomic E-state index is 11.9. The molecule has 0 amide bonds. The van der Waals surface area contributed by atoms with Gasteiger partial charge >= 0.3 is 5.63 Å². The molecule has 1 aliphatic rings. The predicted octanol–water partition coefficient (Wildman–Crippen LogP) is 3.34. The number of unbranched alkanes of at least 4 members (excludes halogenated alkanes) is 1. The maximum Gasteiger partial charge on any atom is 0.336 e. The summed E-state index contributed by atoms with van der Waals surface area (Å²) in [6.45, 7) is 3.51. The van der Waals surface area contributed by atoms with Gasteiger partial charge in [-0.2, -0.15) is 0 Å². The summed E-state index contributed by atoms with van der Waals surface area (Å²) < 4.78 is 29.9. The molecule has 0 spiro atoms. The molecule has 25 heavy (non-hydrogen) atoms. The lowest BCUT2D eigenvalue weighted by atomic mass is 10.1. The second-order valence-electron chi connectivity index (χ2n) is 6.61. The normalized spacial score (nSPS) is 19.7. The van der Waals surface area contributed by atoms with Gasteiger partial charge in [-0.05, 0) is 43.1 Å². The second-order valence-corrected chi connectivity index (χ2v) is 9.76. The first-order valence-corrected chi connectivity index (χ1v) is 11.2. The first kappa shape index (κ1) is 18.6. The third kappa shape index (κ3) is 4.51. The van der Waals surface area contributed by atoms with Gasteiger partial charge in [-0.1, -0.05) is 29.3 Å². The van der Waals surface area contributed by atoms with Gasteiger partial charge in [-0.3, -0.25) is 4.90 Å². The van der Waals surface area contributed by atoms with E-state index in [0.717, 1.165) is 34.8 Å². The van der Waals surface area contributed by atoms with Crippen LogP contribution in [0.5, 0.6) is 0 Å². The van der Waals surface area contributed by atoms with Crippen LogP contribution in [-0.2, 0) is 16.4 Å². The molecule has 3 rings (SSSR count). The van der Waals surface area contributed by atoms with Gasteiger partial charge in [0.2, 0.25) is 0 Å². The van der Waals surface area contributed by atoms with E-state index >= 15 is 0 Å². The fraction of sp³-hybridized carbons (Fsp3) is 0.500. The fourth-order valence-electron chi connectivity index (χ4n) is 3.37. The molecule has 2 aromatic rings. The molecule has 136 valence electrons. The van der Waals surface area contributed by atoms with E-state index in [1.807, 2.05) is 12.1 Å². The van der Waals surface area contributed by atoms with Crippen LogP contribution in [-0.4, -0.2) is 37.4 Å². The van der Waals surface area contributed by atoms with Crippen molar-refractivity contribution in [3.05, 3.63) is 44.7 Å². The van der Waals surface area contributed by atoms with Crippen LogP contribution in [0.4, 0.5) is 0 Å². The molecule has 0 radical (unpaired) electrons. The molecule has 2 heterocycles. The molecule has 1 aliphatic heterocycles. The molecule has 1 saturated heterocycles. The van der Waals surface area contributed by atoms with Gasteiger partial charge in [-0.25, -0.2) is 13.2 Å². The Bertz CT molecular complexity index is 922. The summed E-state index contributed by atoms with van der Waals surface area (Å²) >= 11 is 3.39. The van der Waals surface area contributed by atoms with E-state index in [0.29, 0.717) is 18.5 Å². The van der Waals surface area contributed by atoms with Crippen molar-refractivity contribution in [2.24, 2.45) is 0 Å². The molecular weight excluding hydrogens is 406 g/mol. The Morgan fingerprint density at radius 3 is 2.80 bits per heavy atom. The second kappa shape index (κ2) is 7.60. The average Bonchev–Trinajstić information content (AvgIpc) is 2.90. The van der Waals surface area contributed by atoms with Crippen LogP contribution < -0.4 is 5.63 Å². The van der Waals surface area contributed by atoms with Crippen LogP contribution >= 0.6 is 15.9 Å². The molecule has 5 nitrogen and oxygen atoms in total. The lowest BCUT2D eigenvalue weighted by Crippen LogP contribution is -2.36. The highest BCUT2D eigenvalue weighted by molar-refractivity contribution is 9.10. The molecule has 0 aliphatic carbocycles. The van der Waals surface area contributed by atoms with E-state index in [9.17, 15) is 13.2 Å². The molecule has 1 unspecified atom stereocenters. The summed E-state index contributed by atoms with van der Waals surface area (Å²) in [5, 5.41) is 0.894. The Morgan fingerprint density at radius 1 is 1.32 bits per heavy atom. The highest BCUT2D eigenvalue weighted by Crippen LogP contribution is 2.25. The van der Waals surface area contributed by atoms with Gasteiger partial charge in [0.25, 0.3) is 0 Å². The lowest BCUT2D eigenvalue weighted by Gasteiger charge is -2.28. The number of halogens is 1. The van der Waals surface area contributed by atoms with Gasteiger partial charge in [0, 0.05) is 28.5 Å². The van der Waals surface area contributed by atoms with Crippen LogP contribution in [0.3, 0.4) is 0 Å². The average molecular weight is 428 g/mol. The first-order chi connectivity index (χ1) is 11.9. The molecule has 1 atom stereocenters. The monoisotopic (exact) mass is 427 g/mol. The van der Waals surface area contributed by atoms with Crippen LogP contribution in [0.15, 0.2) is 37.9 Å². The fourth-order valence-corrected chi connectivity index (χ4v) is 5.47. The van der Waals surface area contributed by atoms with Gasteiger partial charge in [0.05, 0.1) is 11.5 Å². The van der Waals surface area contributed by atoms with Crippen molar-refractivity contribution in [3.8, 4) is 0 Å². The molecule has 0 saturated carbocycles. The van der Waals surface area contributed by atoms with Gasteiger partial charge in [0.1, 0.15) is 5.58 Å². The molecule has 1 fully saturated rings. The first-order valence-electron chi connectivity index (χ1n) is 8.55.